The van der Waals surface area contributed by atoms with Crippen molar-refractivity contribution in [3.63, 3.8) is 0 Å². The van der Waals surface area contributed by atoms with Gasteiger partial charge in [0.1, 0.15) is 12.4 Å². The van der Waals surface area contributed by atoms with E-state index in [9.17, 15) is 9.18 Å². The summed E-state index contributed by atoms with van der Waals surface area (Å²) in [4.78, 5) is 13.9. The Bertz CT molecular complexity index is 489. The van der Waals surface area contributed by atoms with E-state index in [2.05, 4.69) is 0 Å². The van der Waals surface area contributed by atoms with Crippen LogP contribution in [0.25, 0.3) is 0 Å². The highest BCUT2D eigenvalue weighted by molar-refractivity contribution is 5.94. The summed E-state index contributed by atoms with van der Waals surface area (Å²) in [6, 6.07) is 8.04. The lowest BCUT2D eigenvalue weighted by atomic mass is 9.93. The number of nitrogens with zero attached hydrogens (tertiary/aromatic N) is 2. The van der Waals surface area contributed by atoms with Crippen LogP contribution < -0.4 is 0 Å². The zero-order chi connectivity index (χ0) is 13.7. The van der Waals surface area contributed by atoms with Crippen LogP contribution in [-0.2, 0) is 0 Å². The number of carbonyl (C=O) groups excluding carboxylic acids is 1. The van der Waals surface area contributed by atoms with Gasteiger partial charge in [-0.05, 0) is 25.0 Å². The molecule has 0 radical (unpaired) electrons. The van der Waals surface area contributed by atoms with Crippen molar-refractivity contribution < 1.29 is 9.18 Å². The maximum absolute atomic E-state index is 13.7. The van der Waals surface area contributed by atoms with E-state index in [1.807, 2.05) is 6.07 Å². The molecule has 0 aromatic heterocycles. The van der Waals surface area contributed by atoms with Gasteiger partial charge in [0.25, 0.3) is 5.91 Å². The Morgan fingerprint density at radius 3 is 2.63 bits per heavy atom. The molecule has 0 atom stereocenters. The summed E-state index contributed by atoms with van der Waals surface area (Å²) in [6.45, 7) is 0.0256. The normalized spacial score (nSPS) is 15.8. The molecule has 0 spiro atoms. The van der Waals surface area contributed by atoms with Crippen molar-refractivity contribution in [2.75, 3.05) is 6.54 Å². The number of nitriles is 1. The summed E-state index contributed by atoms with van der Waals surface area (Å²) in [6.07, 6.45) is 5.11. The smallest absolute Gasteiger partial charge is 0.257 e. The SMILES string of the molecule is N#CCN(C(=O)c1ccccc1F)C1CCCCC1. The van der Waals surface area contributed by atoms with Gasteiger partial charge in [0.15, 0.2) is 0 Å². The van der Waals surface area contributed by atoms with Gasteiger partial charge in [-0.25, -0.2) is 4.39 Å². The molecular weight excluding hydrogens is 243 g/mol. The van der Waals surface area contributed by atoms with E-state index in [1.54, 1.807) is 12.1 Å². The highest BCUT2D eigenvalue weighted by Crippen LogP contribution is 2.24. The van der Waals surface area contributed by atoms with E-state index in [0.717, 1.165) is 25.7 Å². The predicted molar refractivity (Wildman–Crippen MR) is 69.9 cm³/mol. The summed E-state index contributed by atoms with van der Waals surface area (Å²) < 4.78 is 13.7. The third kappa shape index (κ3) is 3.11. The fraction of sp³-hybridized carbons (Fsp3) is 0.467. The Hall–Kier alpha value is -1.89. The van der Waals surface area contributed by atoms with Crippen LogP contribution in [-0.4, -0.2) is 23.4 Å². The monoisotopic (exact) mass is 260 g/mol. The Kier molecular flexibility index (Phi) is 4.51. The van der Waals surface area contributed by atoms with Crippen LogP contribution in [0.4, 0.5) is 4.39 Å². The zero-order valence-corrected chi connectivity index (χ0v) is 10.8. The molecule has 0 unspecified atom stereocenters. The number of halogens is 1. The quantitative estimate of drug-likeness (QED) is 0.784. The van der Waals surface area contributed by atoms with Crippen molar-refractivity contribution in [2.45, 2.75) is 38.1 Å². The molecule has 3 nitrogen and oxygen atoms in total. The largest absolute Gasteiger partial charge is 0.322 e. The molecule has 1 aliphatic carbocycles. The number of hydrogen-bond donors (Lipinski definition) is 0. The fourth-order valence-electron chi connectivity index (χ4n) is 2.62. The van der Waals surface area contributed by atoms with Crippen LogP contribution in [0.2, 0.25) is 0 Å². The molecule has 0 heterocycles. The molecule has 0 N–H and O–H groups in total. The summed E-state index contributed by atoms with van der Waals surface area (Å²) in [7, 11) is 0. The first-order valence-electron chi connectivity index (χ1n) is 6.66. The lowest BCUT2D eigenvalue weighted by Gasteiger charge is -2.32. The van der Waals surface area contributed by atoms with Crippen LogP contribution in [0.3, 0.4) is 0 Å². The fourth-order valence-corrected chi connectivity index (χ4v) is 2.62. The second-order valence-corrected chi connectivity index (χ2v) is 4.86. The Morgan fingerprint density at radius 2 is 2.00 bits per heavy atom. The van der Waals surface area contributed by atoms with Crippen molar-refractivity contribution in [2.24, 2.45) is 0 Å². The van der Waals surface area contributed by atoms with Crippen LogP contribution in [0.15, 0.2) is 24.3 Å². The molecule has 1 saturated carbocycles. The number of amides is 1. The molecule has 1 aromatic rings. The number of hydrogen-bond acceptors (Lipinski definition) is 2. The van der Waals surface area contributed by atoms with Crippen molar-refractivity contribution in [1.82, 2.24) is 4.90 Å². The van der Waals surface area contributed by atoms with Crippen molar-refractivity contribution in [1.29, 1.82) is 5.26 Å². The molecule has 4 heteroatoms. The average Bonchev–Trinajstić information content (AvgIpc) is 2.45. The molecule has 0 bridgehead atoms. The topological polar surface area (TPSA) is 44.1 Å². The summed E-state index contributed by atoms with van der Waals surface area (Å²) >= 11 is 0. The van der Waals surface area contributed by atoms with Gasteiger partial charge in [-0.2, -0.15) is 5.26 Å². The lowest BCUT2D eigenvalue weighted by molar-refractivity contribution is 0.0661. The minimum Gasteiger partial charge on any atom is -0.322 e. The average molecular weight is 260 g/mol. The summed E-state index contributed by atoms with van der Waals surface area (Å²) in [5.41, 5.74) is 0.0586. The van der Waals surface area contributed by atoms with Gasteiger partial charge in [0.05, 0.1) is 11.6 Å². The third-order valence-corrected chi connectivity index (χ3v) is 3.62. The van der Waals surface area contributed by atoms with Gasteiger partial charge in [-0.15, -0.1) is 0 Å². The van der Waals surface area contributed by atoms with Gasteiger partial charge in [-0.1, -0.05) is 31.4 Å². The first-order chi connectivity index (χ1) is 9.24. The minimum absolute atomic E-state index is 0.0256. The van der Waals surface area contributed by atoms with E-state index >= 15 is 0 Å². The predicted octanol–water partition coefficient (Wildman–Crippen LogP) is 3.12. The van der Waals surface area contributed by atoms with Crippen molar-refractivity contribution in [3.8, 4) is 6.07 Å². The van der Waals surface area contributed by atoms with Gasteiger partial charge < -0.3 is 4.90 Å². The van der Waals surface area contributed by atoms with E-state index in [-0.39, 0.29) is 24.1 Å². The van der Waals surface area contributed by atoms with E-state index in [4.69, 9.17) is 5.26 Å². The van der Waals surface area contributed by atoms with Crippen molar-refractivity contribution >= 4 is 5.91 Å². The van der Waals surface area contributed by atoms with Gasteiger partial charge in [0.2, 0.25) is 0 Å². The molecule has 1 aliphatic rings. The molecule has 19 heavy (non-hydrogen) atoms. The van der Waals surface area contributed by atoms with Gasteiger partial charge >= 0.3 is 0 Å². The minimum atomic E-state index is -0.522. The molecule has 100 valence electrons. The highest BCUT2D eigenvalue weighted by atomic mass is 19.1. The lowest BCUT2D eigenvalue weighted by Crippen LogP contribution is -2.42. The van der Waals surface area contributed by atoms with Gasteiger partial charge in [0, 0.05) is 6.04 Å². The van der Waals surface area contributed by atoms with Crippen molar-refractivity contribution in [3.05, 3.63) is 35.6 Å². The molecule has 1 fully saturated rings. The summed E-state index contributed by atoms with van der Waals surface area (Å²) in [5.74, 6) is -0.891. The van der Waals surface area contributed by atoms with Crippen LogP contribution >= 0.6 is 0 Å². The number of benzene rings is 1. The van der Waals surface area contributed by atoms with E-state index in [0.29, 0.717) is 0 Å². The number of carbonyl (C=O) groups is 1. The number of rotatable bonds is 3. The Morgan fingerprint density at radius 1 is 1.32 bits per heavy atom. The molecule has 0 aliphatic heterocycles. The summed E-state index contributed by atoms with van der Waals surface area (Å²) in [5, 5.41) is 8.89. The second-order valence-electron chi connectivity index (χ2n) is 4.86. The molecule has 1 amide bonds. The Balaban J connectivity index is 2.21. The van der Waals surface area contributed by atoms with Crippen LogP contribution in [0.5, 0.6) is 0 Å². The molecule has 2 rings (SSSR count). The standard InChI is InChI=1S/C15H17FN2O/c16-14-9-5-4-8-13(14)15(19)18(11-10-17)12-6-2-1-3-7-12/h4-5,8-9,12H,1-3,6-7,11H2. The first kappa shape index (κ1) is 13.5. The van der Waals surface area contributed by atoms with E-state index < -0.39 is 5.82 Å². The first-order valence-corrected chi connectivity index (χ1v) is 6.66. The van der Waals surface area contributed by atoms with Gasteiger partial charge in [-0.3, -0.25) is 4.79 Å². The third-order valence-electron chi connectivity index (χ3n) is 3.62. The van der Waals surface area contributed by atoms with Crippen LogP contribution in [0.1, 0.15) is 42.5 Å². The second kappa shape index (κ2) is 6.33. The Labute approximate surface area is 112 Å². The highest BCUT2D eigenvalue weighted by Gasteiger charge is 2.27. The zero-order valence-electron chi connectivity index (χ0n) is 10.8. The maximum Gasteiger partial charge on any atom is 0.257 e. The van der Waals surface area contributed by atoms with Crippen LogP contribution in [0, 0.1) is 17.1 Å². The molecule has 1 aromatic carbocycles. The molecule has 0 saturated heterocycles. The molecular formula is C15H17FN2O. The van der Waals surface area contributed by atoms with E-state index in [1.165, 1.54) is 23.5 Å². The maximum atomic E-state index is 13.7.